The quantitative estimate of drug-likeness (QED) is 0.492. The summed E-state index contributed by atoms with van der Waals surface area (Å²) in [6.07, 6.45) is 3.50. The van der Waals surface area contributed by atoms with Gasteiger partial charge in [-0.25, -0.2) is 0 Å². The number of rotatable bonds is 0. The lowest BCUT2D eigenvalue weighted by Crippen LogP contribution is -2.10. The molecule has 8 heavy (non-hydrogen) atoms. The van der Waals surface area contributed by atoms with Crippen molar-refractivity contribution in [2.75, 3.05) is 0 Å². The van der Waals surface area contributed by atoms with Gasteiger partial charge in [-0.1, -0.05) is 0 Å². The van der Waals surface area contributed by atoms with Crippen LogP contribution >= 0.6 is 0 Å². The SMILES string of the molecule is OC1=CCCC(O)C1. The topological polar surface area (TPSA) is 40.5 Å². The second-order valence-electron chi connectivity index (χ2n) is 2.13. The van der Waals surface area contributed by atoms with Gasteiger partial charge in [-0.05, 0) is 18.9 Å². The Morgan fingerprint density at radius 1 is 1.62 bits per heavy atom. The summed E-state index contributed by atoms with van der Waals surface area (Å²) in [5, 5.41) is 17.7. The number of aliphatic hydroxyl groups excluding tert-OH is 2. The molecule has 1 rings (SSSR count). The summed E-state index contributed by atoms with van der Waals surface area (Å²) >= 11 is 0. The largest absolute Gasteiger partial charge is 0.513 e. The maximum absolute atomic E-state index is 8.88. The summed E-state index contributed by atoms with van der Waals surface area (Å²) in [4.78, 5) is 0. The van der Waals surface area contributed by atoms with Crippen LogP contribution in [-0.4, -0.2) is 16.3 Å². The summed E-state index contributed by atoms with van der Waals surface area (Å²) in [6, 6.07) is 0. The van der Waals surface area contributed by atoms with Crippen LogP contribution in [-0.2, 0) is 0 Å². The first-order valence-corrected chi connectivity index (χ1v) is 2.85. The van der Waals surface area contributed by atoms with Gasteiger partial charge in [0.2, 0.25) is 0 Å². The number of aliphatic hydroxyl groups is 2. The van der Waals surface area contributed by atoms with Gasteiger partial charge in [0.25, 0.3) is 0 Å². The van der Waals surface area contributed by atoms with Crippen molar-refractivity contribution in [1.29, 1.82) is 0 Å². The van der Waals surface area contributed by atoms with Gasteiger partial charge in [-0.2, -0.15) is 0 Å². The first-order valence-electron chi connectivity index (χ1n) is 2.85. The molecule has 0 fully saturated rings. The zero-order chi connectivity index (χ0) is 5.98. The molecule has 1 aliphatic rings. The molecule has 46 valence electrons. The van der Waals surface area contributed by atoms with Crippen LogP contribution < -0.4 is 0 Å². The van der Waals surface area contributed by atoms with E-state index in [0.717, 1.165) is 12.8 Å². The first kappa shape index (κ1) is 5.63. The first-order chi connectivity index (χ1) is 3.79. The molecular formula is C6H10O2. The van der Waals surface area contributed by atoms with E-state index >= 15 is 0 Å². The van der Waals surface area contributed by atoms with Gasteiger partial charge in [0, 0.05) is 6.42 Å². The maximum atomic E-state index is 8.88. The average Bonchev–Trinajstić information content (AvgIpc) is 1.64. The second kappa shape index (κ2) is 2.18. The van der Waals surface area contributed by atoms with Crippen LogP contribution in [0.4, 0.5) is 0 Å². The molecule has 2 N–H and O–H groups in total. The van der Waals surface area contributed by atoms with Crippen molar-refractivity contribution < 1.29 is 10.2 Å². The van der Waals surface area contributed by atoms with E-state index in [9.17, 15) is 0 Å². The van der Waals surface area contributed by atoms with Crippen molar-refractivity contribution in [2.24, 2.45) is 0 Å². The van der Waals surface area contributed by atoms with Crippen molar-refractivity contribution in [3.8, 4) is 0 Å². The Morgan fingerprint density at radius 2 is 2.38 bits per heavy atom. The number of allylic oxidation sites excluding steroid dienone is 1. The lowest BCUT2D eigenvalue weighted by atomic mass is 10.0. The summed E-state index contributed by atoms with van der Waals surface area (Å²) in [5.41, 5.74) is 0. The van der Waals surface area contributed by atoms with E-state index in [2.05, 4.69) is 0 Å². The molecule has 0 radical (unpaired) electrons. The highest BCUT2D eigenvalue weighted by molar-refractivity contribution is 4.97. The van der Waals surface area contributed by atoms with Crippen LogP contribution in [0.15, 0.2) is 11.8 Å². The van der Waals surface area contributed by atoms with Crippen LogP contribution in [0.5, 0.6) is 0 Å². The van der Waals surface area contributed by atoms with Crippen molar-refractivity contribution in [3.63, 3.8) is 0 Å². The molecule has 0 aromatic heterocycles. The monoisotopic (exact) mass is 114 g/mol. The van der Waals surface area contributed by atoms with E-state index in [-0.39, 0.29) is 6.10 Å². The second-order valence-corrected chi connectivity index (χ2v) is 2.13. The Bertz CT molecular complexity index is 107. The minimum absolute atomic E-state index is 0.306. The lowest BCUT2D eigenvalue weighted by molar-refractivity contribution is 0.141. The van der Waals surface area contributed by atoms with E-state index in [1.807, 2.05) is 0 Å². The molecule has 0 amide bonds. The molecule has 0 saturated heterocycles. The zero-order valence-electron chi connectivity index (χ0n) is 4.67. The van der Waals surface area contributed by atoms with Gasteiger partial charge in [0.1, 0.15) is 0 Å². The van der Waals surface area contributed by atoms with Gasteiger partial charge >= 0.3 is 0 Å². The maximum Gasteiger partial charge on any atom is 0.0908 e. The molecule has 2 nitrogen and oxygen atoms in total. The van der Waals surface area contributed by atoms with Gasteiger partial charge in [-0.3, -0.25) is 0 Å². The molecule has 1 aliphatic carbocycles. The molecular weight excluding hydrogens is 104 g/mol. The standard InChI is InChI=1S/C6H10O2/c7-5-2-1-3-6(8)4-5/h2,6-8H,1,3-4H2. The summed E-state index contributed by atoms with van der Waals surface area (Å²) in [6.45, 7) is 0. The van der Waals surface area contributed by atoms with Crippen molar-refractivity contribution in [2.45, 2.75) is 25.4 Å². The predicted octanol–water partition coefficient (Wildman–Crippen LogP) is 0.973. The summed E-state index contributed by atoms with van der Waals surface area (Å²) in [5.74, 6) is 0.337. The van der Waals surface area contributed by atoms with Crippen molar-refractivity contribution in [3.05, 3.63) is 11.8 Å². The number of hydrogen-bond donors (Lipinski definition) is 2. The molecule has 0 aromatic rings. The molecule has 0 saturated carbocycles. The van der Waals surface area contributed by atoms with Crippen LogP contribution in [0, 0.1) is 0 Å². The molecule has 0 aromatic carbocycles. The fourth-order valence-corrected chi connectivity index (χ4v) is 0.869. The third-order valence-electron chi connectivity index (χ3n) is 1.32. The fourth-order valence-electron chi connectivity index (χ4n) is 0.869. The lowest BCUT2D eigenvalue weighted by Gasteiger charge is -2.12. The highest BCUT2D eigenvalue weighted by Gasteiger charge is 2.09. The summed E-state index contributed by atoms with van der Waals surface area (Å²) < 4.78 is 0. The molecule has 0 aliphatic heterocycles. The van der Waals surface area contributed by atoms with Crippen LogP contribution in [0.3, 0.4) is 0 Å². The Balaban J connectivity index is 2.45. The fraction of sp³-hybridized carbons (Fsp3) is 0.667. The third-order valence-corrected chi connectivity index (χ3v) is 1.32. The number of hydrogen-bond acceptors (Lipinski definition) is 2. The average molecular weight is 114 g/mol. The Labute approximate surface area is 48.5 Å². The Hall–Kier alpha value is -0.500. The van der Waals surface area contributed by atoms with Gasteiger partial charge in [-0.15, -0.1) is 0 Å². The van der Waals surface area contributed by atoms with E-state index in [1.165, 1.54) is 0 Å². The van der Waals surface area contributed by atoms with E-state index in [4.69, 9.17) is 10.2 Å². The molecule has 0 spiro atoms. The minimum Gasteiger partial charge on any atom is -0.513 e. The molecule has 0 bridgehead atoms. The Kier molecular flexibility index (Phi) is 1.53. The molecule has 1 unspecified atom stereocenters. The molecule has 0 heterocycles. The van der Waals surface area contributed by atoms with Gasteiger partial charge < -0.3 is 10.2 Å². The Morgan fingerprint density at radius 3 is 2.75 bits per heavy atom. The zero-order valence-corrected chi connectivity index (χ0v) is 4.67. The van der Waals surface area contributed by atoms with E-state index in [0.29, 0.717) is 12.2 Å². The highest BCUT2D eigenvalue weighted by atomic mass is 16.3. The van der Waals surface area contributed by atoms with Crippen LogP contribution in [0.1, 0.15) is 19.3 Å². The molecule has 2 heteroatoms. The normalized spacial score (nSPS) is 29.6. The van der Waals surface area contributed by atoms with Crippen LogP contribution in [0.2, 0.25) is 0 Å². The smallest absolute Gasteiger partial charge is 0.0908 e. The highest BCUT2D eigenvalue weighted by Crippen LogP contribution is 2.14. The molecule has 1 atom stereocenters. The van der Waals surface area contributed by atoms with Crippen molar-refractivity contribution >= 4 is 0 Å². The van der Waals surface area contributed by atoms with E-state index < -0.39 is 0 Å². The predicted molar refractivity (Wildman–Crippen MR) is 30.6 cm³/mol. The van der Waals surface area contributed by atoms with Gasteiger partial charge in [0.05, 0.1) is 11.9 Å². The minimum atomic E-state index is -0.306. The van der Waals surface area contributed by atoms with E-state index in [1.54, 1.807) is 6.08 Å². The van der Waals surface area contributed by atoms with Gasteiger partial charge in [0.15, 0.2) is 0 Å². The van der Waals surface area contributed by atoms with Crippen LogP contribution in [0.25, 0.3) is 0 Å². The van der Waals surface area contributed by atoms with Crippen molar-refractivity contribution in [1.82, 2.24) is 0 Å². The third kappa shape index (κ3) is 1.23. The summed E-state index contributed by atoms with van der Waals surface area (Å²) in [7, 11) is 0.